The summed E-state index contributed by atoms with van der Waals surface area (Å²) in [5.74, 6) is 0. The lowest BCUT2D eigenvalue weighted by atomic mass is 9.96. The summed E-state index contributed by atoms with van der Waals surface area (Å²) in [5.41, 5.74) is 5.58. The molecule has 1 N–H and O–H groups in total. The molecule has 150 valence electrons. The Morgan fingerprint density at radius 3 is 2.59 bits per heavy atom. The highest BCUT2D eigenvalue weighted by atomic mass is 35.5. The van der Waals surface area contributed by atoms with Crippen molar-refractivity contribution in [1.82, 2.24) is 19.8 Å². The summed E-state index contributed by atoms with van der Waals surface area (Å²) in [7, 11) is 0. The van der Waals surface area contributed by atoms with Crippen molar-refractivity contribution in [3.63, 3.8) is 0 Å². The van der Waals surface area contributed by atoms with Gasteiger partial charge in [-0.15, -0.1) is 0 Å². The fourth-order valence-corrected chi connectivity index (χ4v) is 4.87. The quantitative estimate of drug-likeness (QED) is 0.546. The summed E-state index contributed by atoms with van der Waals surface area (Å²) < 4.78 is 2.23. The Hall–Kier alpha value is -2.37. The predicted octanol–water partition coefficient (Wildman–Crippen LogP) is 5.53. The molecule has 1 fully saturated rings. The molecule has 1 saturated heterocycles. The number of nitrogens with zero attached hydrogens (tertiary/aromatic N) is 3. The van der Waals surface area contributed by atoms with Gasteiger partial charge < -0.3 is 14.8 Å². The molecule has 0 aliphatic carbocycles. The van der Waals surface area contributed by atoms with E-state index in [9.17, 15) is 0 Å². The maximum Gasteiger partial charge on any atom is 0.170 e. The normalized spacial score (nSPS) is 18.9. The van der Waals surface area contributed by atoms with Crippen molar-refractivity contribution < 1.29 is 0 Å². The van der Waals surface area contributed by atoms with Crippen LogP contribution >= 0.6 is 23.8 Å². The lowest BCUT2D eigenvalue weighted by Gasteiger charge is -2.27. The van der Waals surface area contributed by atoms with E-state index in [1.807, 2.05) is 36.5 Å². The zero-order valence-corrected chi connectivity index (χ0v) is 18.5. The van der Waals surface area contributed by atoms with Crippen LogP contribution in [0, 0.1) is 13.8 Å². The molecule has 1 aromatic carbocycles. The summed E-state index contributed by atoms with van der Waals surface area (Å²) >= 11 is 12.2. The molecule has 29 heavy (non-hydrogen) atoms. The van der Waals surface area contributed by atoms with E-state index in [1.54, 1.807) is 0 Å². The largest absolute Gasteiger partial charge is 0.352 e. The maximum atomic E-state index is 6.52. The summed E-state index contributed by atoms with van der Waals surface area (Å²) in [4.78, 5) is 6.92. The highest BCUT2D eigenvalue weighted by Gasteiger charge is 2.40. The zero-order chi connectivity index (χ0) is 20.5. The van der Waals surface area contributed by atoms with Crippen LogP contribution in [-0.4, -0.2) is 26.1 Å². The van der Waals surface area contributed by atoms with Crippen LogP contribution in [0.15, 0.2) is 54.7 Å². The summed E-state index contributed by atoms with van der Waals surface area (Å²) in [6, 6.07) is 16.4. The van der Waals surface area contributed by atoms with E-state index in [1.165, 1.54) is 11.3 Å². The van der Waals surface area contributed by atoms with Gasteiger partial charge >= 0.3 is 0 Å². The lowest BCUT2D eigenvalue weighted by molar-refractivity contribution is 0.316. The molecule has 2 atom stereocenters. The van der Waals surface area contributed by atoms with Gasteiger partial charge in [-0.05, 0) is 68.4 Å². The first-order valence-corrected chi connectivity index (χ1v) is 10.7. The van der Waals surface area contributed by atoms with E-state index in [-0.39, 0.29) is 12.1 Å². The summed E-state index contributed by atoms with van der Waals surface area (Å²) in [5, 5.41) is 5.05. The second-order valence-corrected chi connectivity index (χ2v) is 8.23. The van der Waals surface area contributed by atoms with Crippen molar-refractivity contribution in [1.29, 1.82) is 0 Å². The van der Waals surface area contributed by atoms with Crippen LogP contribution in [0.5, 0.6) is 0 Å². The van der Waals surface area contributed by atoms with Gasteiger partial charge in [0, 0.05) is 24.1 Å². The van der Waals surface area contributed by atoms with E-state index < -0.39 is 0 Å². The highest BCUT2D eigenvalue weighted by molar-refractivity contribution is 7.80. The van der Waals surface area contributed by atoms with Gasteiger partial charge in [-0.1, -0.05) is 36.7 Å². The number of aryl methyl sites for hydroxylation is 1. The van der Waals surface area contributed by atoms with Crippen LogP contribution in [0.25, 0.3) is 5.69 Å². The van der Waals surface area contributed by atoms with Gasteiger partial charge in [-0.3, -0.25) is 4.98 Å². The first-order valence-electron chi connectivity index (χ1n) is 9.94. The zero-order valence-electron chi connectivity index (χ0n) is 16.9. The Kier molecular flexibility index (Phi) is 5.61. The Morgan fingerprint density at radius 2 is 1.90 bits per heavy atom. The predicted molar refractivity (Wildman–Crippen MR) is 123 cm³/mol. The minimum Gasteiger partial charge on any atom is -0.352 e. The number of para-hydroxylation sites is 1. The molecule has 0 saturated carbocycles. The van der Waals surface area contributed by atoms with E-state index in [0.717, 1.165) is 40.2 Å². The van der Waals surface area contributed by atoms with Gasteiger partial charge in [-0.2, -0.15) is 0 Å². The molecule has 6 heteroatoms. The molecule has 1 aliphatic heterocycles. The van der Waals surface area contributed by atoms with Crippen LogP contribution in [0.2, 0.25) is 5.02 Å². The monoisotopic (exact) mass is 424 g/mol. The average Bonchev–Trinajstić information content (AvgIpc) is 3.19. The molecule has 4 rings (SSSR count). The van der Waals surface area contributed by atoms with Gasteiger partial charge in [0.25, 0.3) is 0 Å². The molecule has 2 aromatic heterocycles. The third-order valence-corrected chi connectivity index (χ3v) is 6.22. The Labute approximate surface area is 182 Å². The smallest absolute Gasteiger partial charge is 0.170 e. The molecular formula is C23H25ClN4S. The molecular weight excluding hydrogens is 400 g/mol. The van der Waals surface area contributed by atoms with Crippen molar-refractivity contribution in [2.75, 3.05) is 6.54 Å². The fraction of sp³-hybridized carbons (Fsp3) is 0.304. The number of thiocarbonyl (C=S) groups is 1. The number of hydrogen-bond donors (Lipinski definition) is 1. The number of benzene rings is 1. The first kappa shape index (κ1) is 19.9. The first-order chi connectivity index (χ1) is 14.0. The fourth-order valence-electron chi connectivity index (χ4n) is 4.32. The number of halogens is 1. The molecule has 1 aliphatic rings. The van der Waals surface area contributed by atoms with Crippen LogP contribution in [0.3, 0.4) is 0 Å². The number of pyridine rings is 1. The van der Waals surface area contributed by atoms with Crippen LogP contribution in [0.1, 0.15) is 48.1 Å². The molecule has 3 heterocycles. The minimum atomic E-state index is 0.00967. The molecule has 0 bridgehead atoms. The van der Waals surface area contributed by atoms with Crippen LogP contribution in [-0.2, 0) is 0 Å². The Balaban J connectivity index is 1.85. The average molecular weight is 425 g/mol. The van der Waals surface area contributed by atoms with Crippen molar-refractivity contribution in [2.45, 2.75) is 39.3 Å². The van der Waals surface area contributed by atoms with Crippen LogP contribution < -0.4 is 5.32 Å². The highest BCUT2D eigenvalue weighted by Crippen LogP contribution is 2.41. The van der Waals surface area contributed by atoms with Crippen molar-refractivity contribution in [2.24, 2.45) is 0 Å². The molecule has 0 radical (unpaired) electrons. The number of nitrogens with one attached hydrogen (secondary N) is 1. The van der Waals surface area contributed by atoms with E-state index in [0.29, 0.717) is 0 Å². The minimum absolute atomic E-state index is 0.00967. The summed E-state index contributed by atoms with van der Waals surface area (Å²) in [6.45, 7) is 7.36. The van der Waals surface area contributed by atoms with Gasteiger partial charge in [0.05, 0.1) is 28.5 Å². The van der Waals surface area contributed by atoms with Gasteiger partial charge in [0.1, 0.15) is 0 Å². The molecule has 0 amide bonds. The SMILES string of the molecule is CCCN1C(=S)N[C@H](c2ccccn2)[C@H]1c1cc(C)n(-c2ccccc2Cl)c1C. The topological polar surface area (TPSA) is 33.1 Å². The van der Waals surface area contributed by atoms with Gasteiger partial charge in [0.2, 0.25) is 0 Å². The maximum absolute atomic E-state index is 6.52. The second kappa shape index (κ2) is 8.17. The number of rotatable bonds is 5. The van der Waals surface area contributed by atoms with E-state index >= 15 is 0 Å². The lowest BCUT2D eigenvalue weighted by Crippen LogP contribution is -2.30. The van der Waals surface area contributed by atoms with E-state index in [2.05, 4.69) is 58.7 Å². The molecule has 0 unspecified atom stereocenters. The number of aromatic nitrogens is 2. The Bertz CT molecular complexity index is 1030. The molecule has 0 spiro atoms. The molecule has 4 nitrogen and oxygen atoms in total. The summed E-state index contributed by atoms with van der Waals surface area (Å²) in [6.07, 6.45) is 2.86. The number of hydrogen-bond acceptors (Lipinski definition) is 2. The standard InChI is InChI=1S/C23H25ClN4S/c1-4-13-27-22(21(26-23(27)29)19-10-7-8-12-25-19)17-14-15(2)28(16(17)3)20-11-6-5-9-18(20)24/h5-12,14,21-22H,4,13H2,1-3H3,(H,26,29)/t21-,22-/m1/s1. The van der Waals surface area contributed by atoms with Crippen molar-refractivity contribution >= 4 is 28.9 Å². The third-order valence-electron chi connectivity index (χ3n) is 5.54. The van der Waals surface area contributed by atoms with Crippen LogP contribution in [0.4, 0.5) is 0 Å². The van der Waals surface area contributed by atoms with Gasteiger partial charge in [0.15, 0.2) is 5.11 Å². The van der Waals surface area contributed by atoms with Crippen molar-refractivity contribution in [3.05, 3.63) is 82.4 Å². The Morgan fingerprint density at radius 1 is 1.14 bits per heavy atom. The third kappa shape index (κ3) is 3.53. The second-order valence-electron chi connectivity index (χ2n) is 7.43. The van der Waals surface area contributed by atoms with Crippen molar-refractivity contribution in [3.8, 4) is 5.69 Å². The molecule has 3 aromatic rings. The van der Waals surface area contributed by atoms with Gasteiger partial charge in [-0.25, -0.2) is 0 Å². The van der Waals surface area contributed by atoms with E-state index in [4.69, 9.17) is 23.8 Å².